The lowest BCUT2D eigenvalue weighted by Crippen LogP contribution is -2.29. The lowest BCUT2D eigenvalue weighted by atomic mass is 10.1. The van der Waals surface area contributed by atoms with Gasteiger partial charge in [-0.05, 0) is 49.8 Å². The van der Waals surface area contributed by atoms with Crippen LogP contribution in [0.4, 0.5) is 4.39 Å². The van der Waals surface area contributed by atoms with Crippen LogP contribution in [0, 0.1) is 5.82 Å². The van der Waals surface area contributed by atoms with Gasteiger partial charge in [0.1, 0.15) is 11.5 Å². The minimum atomic E-state index is -0.654. The molecule has 5 heteroatoms. The lowest BCUT2D eigenvalue weighted by molar-refractivity contribution is -0.142. The van der Waals surface area contributed by atoms with Crippen LogP contribution in [0.15, 0.2) is 60.3 Å². The minimum absolute atomic E-state index is 0.0100. The number of nitrogens with one attached hydrogen (secondary N) is 1. The summed E-state index contributed by atoms with van der Waals surface area (Å²) < 4.78 is 18.2. The zero-order valence-corrected chi connectivity index (χ0v) is 13.5. The Morgan fingerprint density at radius 1 is 1.04 bits per heavy atom. The molecular weight excluding hydrogens is 309 g/mol. The number of carbonyl (C=O) groups is 2. The standard InChI is InChI=1S/C19H18FNO3/c1-13(2)24-19(23)17(12-14-8-10-16(20)11-9-14)21-18(22)15-6-4-3-5-7-15/h3-13H,1-2H3,(H,21,22). The van der Waals surface area contributed by atoms with Crippen molar-refractivity contribution in [3.8, 4) is 0 Å². The van der Waals surface area contributed by atoms with Gasteiger partial charge in [-0.3, -0.25) is 4.79 Å². The number of hydrogen-bond acceptors (Lipinski definition) is 3. The monoisotopic (exact) mass is 327 g/mol. The topological polar surface area (TPSA) is 55.4 Å². The summed E-state index contributed by atoms with van der Waals surface area (Å²) in [6.07, 6.45) is 1.12. The number of benzene rings is 2. The first-order valence-corrected chi connectivity index (χ1v) is 7.50. The maximum atomic E-state index is 13.0. The molecular formula is C19H18FNO3. The van der Waals surface area contributed by atoms with Crippen molar-refractivity contribution in [3.05, 3.63) is 77.2 Å². The minimum Gasteiger partial charge on any atom is -0.458 e. The molecule has 0 aromatic heterocycles. The maximum absolute atomic E-state index is 13.0. The van der Waals surface area contributed by atoms with E-state index in [-0.39, 0.29) is 17.6 Å². The van der Waals surface area contributed by atoms with Crippen molar-refractivity contribution in [3.63, 3.8) is 0 Å². The highest BCUT2D eigenvalue weighted by atomic mass is 19.1. The molecule has 0 radical (unpaired) electrons. The van der Waals surface area contributed by atoms with Crippen LogP contribution in [-0.2, 0) is 9.53 Å². The van der Waals surface area contributed by atoms with E-state index in [0.717, 1.165) is 0 Å². The van der Waals surface area contributed by atoms with Gasteiger partial charge in [0.25, 0.3) is 5.91 Å². The molecule has 0 spiro atoms. The van der Waals surface area contributed by atoms with E-state index in [1.54, 1.807) is 44.2 Å². The highest BCUT2D eigenvalue weighted by molar-refractivity contribution is 6.03. The van der Waals surface area contributed by atoms with Gasteiger partial charge in [0.15, 0.2) is 0 Å². The van der Waals surface area contributed by atoms with Gasteiger partial charge in [0.2, 0.25) is 0 Å². The summed E-state index contributed by atoms with van der Waals surface area (Å²) in [4.78, 5) is 24.5. The van der Waals surface area contributed by atoms with Crippen molar-refractivity contribution in [2.24, 2.45) is 0 Å². The molecule has 2 aromatic carbocycles. The Bertz CT molecular complexity index is 737. The highest BCUT2D eigenvalue weighted by Gasteiger charge is 2.17. The molecule has 2 rings (SSSR count). The largest absolute Gasteiger partial charge is 0.458 e. The average molecular weight is 327 g/mol. The van der Waals surface area contributed by atoms with E-state index in [1.807, 2.05) is 0 Å². The van der Waals surface area contributed by atoms with Crippen molar-refractivity contribution in [1.82, 2.24) is 5.32 Å². The Balaban J connectivity index is 2.27. The third kappa shape index (κ3) is 5.05. The fourth-order valence-electron chi connectivity index (χ4n) is 1.93. The first-order chi connectivity index (χ1) is 11.5. The van der Waals surface area contributed by atoms with Crippen molar-refractivity contribution in [1.29, 1.82) is 0 Å². The summed E-state index contributed by atoms with van der Waals surface area (Å²) >= 11 is 0. The number of carbonyl (C=O) groups excluding carboxylic acids is 2. The van der Waals surface area contributed by atoms with Crippen LogP contribution in [0.5, 0.6) is 0 Å². The van der Waals surface area contributed by atoms with E-state index in [1.165, 1.54) is 30.3 Å². The van der Waals surface area contributed by atoms with E-state index in [9.17, 15) is 14.0 Å². The second-order valence-electron chi connectivity index (χ2n) is 5.38. The van der Waals surface area contributed by atoms with E-state index >= 15 is 0 Å². The van der Waals surface area contributed by atoms with Crippen LogP contribution in [0.25, 0.3) is 6.08 Å². The molecule has 0 atom stereocenters. The van der Waals surface area contributed by atoms with Gasteiger partial charge in [0.05, 0.1) is 6.10 Å². The average Bonchev–Trinajstić information content (AvgIpc) is 2.56. The normalized spacial score (nSPS) is 11.2. The fraction of sp³-hybridized carbons (Fsp3) is 0.158. The van der Waals surface area contributed by atoms with E-state index < -0.39 is 11.9 Å². The van der Waals surface area contributed by atoms with Crippen molar-refractivity contribution >= 4 is 18.0 Å². The van der Waals surface area contributed by atoms with Crippen LogP contribution in [-0.4, -0.2) is 18.0 Å². The number of rotatable bonds is 5. The van der Waals surface area contributed by atoms with Crippen LogP contribution in [0.2, 0.25) is 0 Å². The molecule has 0 aliphatic heterocycles. The van der Waals surface area contributed by atoms with E-state index in [2.05, 4.69) is 5.32 Å². The number of esters is 1. The van der Waals surface area contributed by atoms with Gasteiger partial charge in [-0.15, -0.1) is 0 Å². The number of halogens is 1. The molecule has 0 unspecified atom stereocenters. The molecule has 1 amide bonds. The lowest BCUT2D eigenvalue weighted by Gasteiger charge is -2.12. The van der Waals surface area contributed by atoms with E-state index in [4.69, 9.17) is 4.74 Å². The second-order valence-corrected chi connectivity index (χ2v) is 5.38. The van der Waals surface area contributed by atoms with Crippen molar-refractivity contribution in [2.75, 3.05) is 0 Å². The van der Waals surface area contributed by atoms with Crippen LogP contribution >= 0.6 is 0 Å². The van der Waals surface area contributed by atoms with Gasteiger partial charge >= 0.3 is 5.97 Å². The highest BCUT2D eigenvalue weighted by Crippen LogP contribution is 2.10. The molecule has 2 aromatic rings. The second kappa shape index (κ2) is 8.06. The molecule has 0 fully saturated rings. The quantitative estimate of drug-likeness (QED) is 0.675. The Kier molecular flexibility index (Phi) is 5.84. The molecule has 24 heavy (non-hydrogen) atoms. The first kappa shape index (κ1) is 17.4. The Labute approximate surface area is 140 Å². The smallest absolute Gasteiger partial charge is 0.355 e. The summed E-state index contributed by atoms with van der Waals surface area (Å²) in [7, 11) is 0. The third-order valence-electron chi connectivity index (χ3n) is 3.03. The predicted molar refractivity (Wildman–Crippen MR) is 89.5 cm³/mol. The zero-order chi connectivity index (χ0) is 17.5. The molecule has 0 saturated carbocycles. The fourth-order valence-corrected chi connectivity index (χ4v) is 1.93. The van der Waals surface area contributed by atoms with Crippen LogP contribution < -0.4 is 5.32 Å². The van der Waals surface area contributed by atoms with Gasteiger partial charge < -0.3 is 10.1 Å². The summed E-state index contributed by atoms with van der Waals surface area (Å²) in [6.45, 7) is 3.43. The van der Waals surface area contributed by atoms with Crippen LogP contribution in [0.3, 0.4) is 0 Å². The molecule has 0 aliphatic rings. The molecule has 0 bridgehead atoms. The molecule has 124 valence electrons. The van der Waals surface area contributed by atoms with Gasteiger partial charge in [-0.1, -0.05) is 30.3 Å². The van der Waals surface area contributed by atoms with Gasteiger partial charge in [-0.2, -0.15) is 0 Å². The Hall–Kier alpha value is -2.95. The van der Waals surface area contributed by atoms with Crippen LogP contribution in [0.1, 0.15) is 29.8 Å². The predicted octanol–water partition coefficient (Wildman–Crippen LogP) is 3.55. The summed E-state index contributed by atoms with van der Waals surface area (Å²) in [5, 5.41) is 2.56. The van der Waals surface area contributed by atoms with Crippen molar-refractivity contribution in [2.45, 2.75) is 20.0 Å². The number of amides is 1. The summed E-state index contributed by atoms with van der Waals surface area (Å²) in [5.74, 6) is -1.46. The number of ether oxygens (including phenoxy) is 1. The maximum Gasteiger partial charge on any atom is 0.355 e. The number of hydrogen-bond donors (Lipinski definition) is 1. The Morgan fingerprint density at radius 3 is 2.25 bits per heavy atom. The molecule has 0 saturated heterocycles. The molecule has 0 aliphatic carbocycles. The van der Waals surface area contributed by atoms with Gasteiger partial charge in [0, 0.05) is 5.56 Å². The van der Waals surface area contributed by atoms with Crippen molar-refractivity contribution < 1.29 is 18.7 Å². The molecule has 4 nitrogen and oxygen atoms in total. The third-order valence-corrected chi connectivity index (χ3v) is 3.03. The van der Waals surface area contributed by atoms with E-state index in [0.29, 0.717) is 11.1 Å². The Morgan fingerprint density at radius 2 is 1.67 bits per heavy atom. The first-order valence-electron chi connectivity index (χ1n) is 7.50. The summed E-state index contributed by atoms with van der Waals surface area (Å²) in [5.41, 5.74) is 0.976. The SMILES string of the molecule is CC(C)OC(=O)C(=Cc1ccc(F)cc1)NC(=O)c1ccccc1. The zero-order valence-electron chi connectivity index (χ0n) is 13.5. The van der Waals surface area contributed by atoms with Gasteiger partial charge in [-0.25, -0.2) is 9.18 Å². The molecule has 1 N–H and O–H groups in total. The summed E-state index contributed by atoms with van der Waals surface area (Å²) in [6, 6.07) is 14.1. The molecule has 0 heterocycles.